The van der Waals surface area contributed by atoms with E-state index in [9.17, 15) is 14.4 Å². The van der Waals surface area contributed by atoms with Crippen LogP contribution in [0.5, 0.6) is 0 Å². The minimum absolute atomic E-state index is 0.0548. The molecule has 114 valence electrons. The molecule has 0 saturated carbocycles. The van der Waals surface area contributed by atoms with Crippen molar-refractivity contribution < 1.29 is 19.5 Å². The number of hydrogen-bond donors (Lipinski definition) is 2. The topological polar surface area (TPSA) is 86.7 Å². The Morgan fingerprint density at radius 1 is 1.35 bits per heavy atom. The van der Waals surface area contributed by atoms with Crippen molar-refractivity contribution in [3.63, 3.8) is 0 Å². The fourth-order valence-electron chi connectivity index (χ4n) is 2.76. The second kappa shape index (κ2) is 7.26. The molecule has 1 heterocycles. The van der Waals surface area contributed by atoms with Crippen LogP contribution in [0.3, 0.4) is 0 Å². The summed E-state index contributed by atoms with van der Waals surface area (Å²) in [5, 5.41) is 11.4. The molecule has 20 heavy (non-hydrogen) atoms. The van der Waals surface area contributed by atoms with E-state index in [4.69, 9.17) is 5.11 Å². The Morgan fingerprint density at radius 2 is 2.00 bits per heavy atom. The molecule has 0 aromatic rings. The molecule has 6 heteroatoms. The van der Waals surface area contributed by atoms with E-state index < -0.39 is 12.0 Å². The van der Waals surface area contributed by atoms with Gasteiger partial charge in [-0.25, -0.2) is 0 Å². The molecule has 0 aromatic heterocycles. The molecule has 0 radical (unpaired) electrons. The zero-order valence-electron chi connectivity index (χ0n) is 12.4. The third-order valence-electron chi connectivity index (χ3n) is 3.86. The number of hydrogen-bond acceptors (Lipinski definition) is 3. The average Bonchev–Trinajstić information content (AvgIpc) is 2.36. The Bertz CT molecular complexity index is 383. The van der Waals surface area contributed by atoms with Gasteiger partial charge in [-0.3, -0.25) is 14.4 Å². The van der Waals surface area contributed by atoms with Crippen LogP contribution in [0.15, 0.2) is 0 Å². The van der Waals surface area contributed by atoms with Crippen LogP contribution in [0, 0.1) is 11.8 Å². The second-order valence-corrected chi connectivity index (χ2v) is 5.68. The van der Waals surface area contributed by atoms with Gasteiger partial charge >= 0.3 is 5.97 Å². The van der Waals surface area contributed by atoms with Crippen LogP contribution < -0.4 is 5.32 Å². The van der Waals surface area contributed by atoms with Crippen molar-refractivity contribution in [3.8, 4) is 0 Å². The van der Waals surface area contributed by atoms with Gasteiger partial charge in [0, 0.05) is 26.4 Å². The van der Waals surface area contributed by atoms with E-state index in [0.717, 1.165) is 12.8 Å². The van der Waals surface area contributed by atoms with Crippen LogP contribution in [0.2, 0.25) is 0 Å². The van der Waals surface area contributed by atoms with Gasteiger partial charge in [-0.1, -0.05) is 6.92 Å². The van der Waals surface area contributed by atoms with Gasteiger partial charge in [0.1, 0.15) is 6.04 Å². The quantitative estimate of drug-likeness (QED) is 0.784. The fraction of sp³-hybridized carbons (Fsp3) is 0.786. The van der Waals surface area contributed by atoms with Gasteiger partial charge in [-0.2, -0.15) is 0 Å². The number of rotatable bonds is 5. The number of aliphatic carboxylic acids is 1. The van der Waals surface area contributed by atoms with Gasteiger partial charge in [-0.15, -0.1) is 0 Å². The number of nitrogens with one attached hydrogen (secondary N) is 1. The molecule has 0 aliphatic carbocycles. The maximum Gasteiger partial charge on any atom is 0.303 e. The van der Waals surface area contributed by atoms with Crippen molar-refractivity contribution in [1.29, 1.82) is 0 Å². The van der Waals surface area contributed by atoms with Gasteiger partial charge in [0.25, 0.3) is 0 Å². The van der Waals surface area contributed by atoms with E-state index in [2.05, 4.69) is 5.32 Å². The first-order chi connectivity index (χ1) is 9.31. The van der Waals surface area contributed by atoms with Crippen LogP contribution in [-0.2, 0) is 14.4 Å². The van der Waals surface area contributed by atoms with Gasteiger partial charge in [0.15, 0.2) is 0 Å². The molecule has 2 N–H and O–H groups in total. The van der Waals surface area contributed by atoms with Crippen molar-refractivity contribution in [2.24, 2.45) is 11.8 Å². The normalized spacial score (nSPS) is 21.9. The molecule has 0 bridgehead atoms. The van der Waals surface area contributed by atoms with Gasteiger partial charge < -0.3 is 15.3 Å². The lowest BCUT2D eigenvalue weighted by Crippen LogP contribution is -2.50. The SMILES string of the molecule is CC(=O)NC(C)C(=O)N1CCCC(C(C)CC(=O)O)C1. The molecule has 1 rings (SSSR count). The number of amides is 2. The van der Waals surface area contributed by atoms with Crippen molar-refractivity contribution >= 4 is 17.8 Å². The van der Waals surface area contributed by atoms with Crippen molar-refractivity contribution in [3.05, 3.63) is 0 Å². The summed E-state index contributed by atoms with van der Waals surface area (Å²) in [4.78, 5) is 35.7. The van der Waals surface area contributed by atoms with Crippen molar-refractivity contribution in [2.45, 2.75) is 46.1 Å². The third-order valence-corrected chi connectivity index (χ3v) is 3.86. The lowest BCUT2D eigenvalue weighted by atomic mass is 9.84. The first-order valence-electron chi connectivity index (χ1n) is 7.09. The Balaban J connectivity index is 2.57. The minimum Gasteiger partial charge on any atom is -0.481 e. The van der Waals surface area contributed by atoms with Crippen LogP contribution in [0.1, 0.15) is 40.0 Å². The maximum absolute atomic E-state index is 12.2. The molecule has 3 atom stereocenters. The molecular weight excluding hydrogens is 260 g/mol. The molecule has 3 unspecified atom stereocenters. The number of likely N-dealkylation sites (tertiary alicyclic amines) is 1. The Kier molecular flexibility index (Phi) is 5.98. The number of carbonyl (C=O) groups excluding carboxylic acids is 2. The molecular formula is C14H24N2O4. The summed E-state index contributed by atoms with van der Waals surface area (Å²) in [6, 6.07) is -0.527. The third kappa shape index (κ3) is 4.83. The molecule has 0 aromatic carbocycles. The molecule has 1 fully saturated rings. The first kappa shape index (κ1) is 16.5. The summed E-state index contributed by atoms with van der Waals surface area (Å²) in [6.45, 7) is 6.24. The zero-order chi connectivity index (χ0) is 15.3. The molecule has 2 amide bonds. The molecule has 1 saturated heterocycles. The van der Waals surface area contributed by atoms with E-state index in [-0.39, 0.29) is 30.1 Å². The number of piperidine rings is 1. The molecule has 1 aliphatic rings. The van der Waals surface area contributed by atoms with Gasteiger partial charge in [0.05, 0.1) is 0 Å². The lowest BCUT2D eigenvalue weighted by Gasteiger charge is -2.36. The monoisotopic (exact) mass is 284 g/mol. The summed E-state index contributed by atoms with van der Waals surface area (Å²) in [7, 11) is 0. The Labute approximate surface area is 119 Å². The predicted octanol–water partition coefficient (Wildman–Crippen LogP) is 0.860. The summed E-state index contributed by atoms with van der Waals surface area (Å²) < 4.78 is 0. The van der Waals surface area contributed by atoms with E-state index in [1.54, 1.807) is 11.8 Å². The fourth-order valence-corrected chi connectivity index (χ4v) is 2.76. The van der Waals surface area contributed by atoms with Gasteiger partial charge in [0.2, 0.25) is 11.8 Å². The summed E-state index contributed by atoms with van der Waals surface area (Å²) >= 11 is 0. The minimum atomic E-state index is -0.799. The number of nitrogens with zero attached hydrogens (tertiary/aromatic N) is 1. The molecule has 6 nitrogen and oxygen atoms in total. The lowest BCUT2D eigenvalue weighted by molar-refractivity contribution is -0.139. The highest BCUT2D eigenvalue weighted by molar-refractivity contribution is 5.86. The van der Waals surface area contributed by atoms with Crippen LogP contribution in [0.25, 0.3) is 0 Å². The highest BCUT2D eigenvalue weighted by atomic mass is 16.4. The Morgan fingerprint density at radius 3 is 2.55 bits per heavy atom. The number of carbonyl (C=O) groups is 3. The zero-order valence-corrected chi connectivity index (χ0v) is 12.4. The van der Waals surface area contributed by atoms with E-state index in [1.807, 2.05) is 6.92 Å². The summed E-state index contributed by atoms with van der Waals surface area (Å²) in [6.07, 6.45) is 1.97. The summed E-state index contributed by atoms with van der Waals surface area (Å²) in [5.41, 5.74) is 0. The van der Waals surface area contributed by atoms with Crippen LogP contribution in [0.4, 0.5) is 0 Å². The summed E-state index contributed by atoms with van der Waals surface area (Å²) in [5.74, 6) is -0.842. The van der Waals surface area contributed by atoms with Crippen molar-refractivity contribution in [2.75, 3.05) is 13.1 Å². The van der Waals surface area contributed by atoms with Crippen molar-refractivity contribution in [1.82, 2.24) is 10.2 Å². The highest BCUT2D eigenvalue weighted by Crippen LogP contribution is 2.26. The van der Waals surface area contributed by atoms with E-state index >= 15 is 0 Å². The maximum atomic E-state index is 12.2. The van der Waals surface area contributed by atoms with Crippen LogP contribution in [-0.4, -0.2) is 46.9 Å². The Hall–Kier alpha value is -1.59. The van der Waals surface area contributed by atoms with Crippen LogP contribution >= 0.6 is 0 Å². The second-order valence-electron chi connectivity index (χ2n) is 5.68. The van der Waals surface area contributed by atoms with E-state index in [0.29, 0.717) is 13.1 Å². The number of carboxylic acid groups (broad SMARTS) is 1. The standard InChI is InChI=1S/C14H24N2O4/c1-9(7-13(18)19)12-5-4-6-16(8-12)14(20)10(2)15-11(3)17/h9-10,12H,4-8H2,1-3H3,(H,15,17)(H,18,19). The highest BCUT2D eigenvalue weighted by Gasteiger charge is 2.30. The van der Waals surface area contributed by atoms with Gasteiger partial charge in [-0.05, 0) is 31.6 Å². The molecule has 0 spiro atoms. The molecule has 1 aliphatic heterocycles. The predicted molar refractivity (Wildman–Crippen MR) is 74.0 cm³/mol. The average molecular weight is 284 g/mol. The first-order valence-corrected chi connectivity index (χ1v) is 7.09. The van der Waals surface area contributed by atoms with E-state index in [1.165, 1.54) is 6.92 Å². The smallest absolute Gasteiger partial charge is 0.303 e. The number of carboxylic acids is 1. The largest absolute Gasteiger partial charge is 0.481 e.